The molecule has 0 aliphatic heterocycles. The highest BCUT2D eigenvalue weighted by atomic mass is 16.7. The summed E-state index contributed by atoms with van der Waals surface area (Å²) >= 11 is 0. The van der Waals surface area contributed by atoms with Crippen molar-refractivity contribution in [3.8, 4) is 5.75 Å². The molecule has 6 heteroatoms. The molecule has 6 nitrogen and oxygen atoms in total. The van der Waals surface area contributed by atoms with Gasteiger partial charge in [0.05, 0.1) is 13.2 Å². The number of unbranched alkanes of at least 4 members (excludes halogenated alkanes) is 1. The van der Waals surface area contributed by atoms with Crippen molar-refractivity contribution in [3.63, 3.8) is 0 Å². The van der Waals surface area contributed by atoms with Crippen LogP contribution in [-0.2, 0) is 16.0 Å². The number of pyridine rings is 1. The van der Waals surface area contributed by atoms with E-state index in [4.69, 9.17) is 14.2 Å². The van der Waals surface area contributed by atoms with Crippen LogP contribution >= 0.6 is 0 Å². The summed E-state index contributed by atoms with van der Waals surface area (Å²) in [6.45, 7) is 2.73. The average Bonchev–Trinajstić information content (AvgIpc) is 2.47. The summed E-state index contributed by atoms with van der Waals surface area (Å²) in [7, 11) is 3.02. The Kier molecular flexibility index (Phi) is 6.97. The van der Waals surface area contributed by atoms with Crippen molar-refractivity contribution in [2.45, 2.75) is 32.6 Å². The van der Waals surface area contributed by atoms with Gasteiger partial charge in [0.15, 0.2) is 18.3 Å². The van der Waals surface area contributed by atoms with Crippen LogP contribution in [0.5, 0.6) is 5.75 Å². The fourth-order valence-corrected chi connectivity index (χ4v) is 1.72. The van der Waals surface area contributed by atoms with Gasteiger partial charge < -0.3 is 18.8 Å². The van der Waals surface area contributed by atoms with Crippen LogP contribution in [0.3, 0.4) is 0 Å². The summed E-state index contributed by atoms with van der Waals surface area (Å²) in [5.41, 5.74) is -0.0986. The van der Waals surface area contributed by atoms with Crippen LogP contribution in [0, 0.1) is 0 Å². The molecule has 1 aromatic rings. The summed E-state index contributed by atoms with van der Waals surface area (Å²) in [6, 6.07) is 1.37. The van der Waals surface area contributed by atoms with E-state index in [0.717, 1.165) is 12.8 Å². The van der Waals surface area contributed by atoms with Crippen LogP contribution in [0.2, 0.25) is 0 Å². The molecular weight excluding hydrogens is 262 g/mol. The maximum Gasteiger partial charge on any atom is 0.224 e. The Labute approximate surface area is 118 Å². The monoisotopic (exact) mass is 283 g/mol. The first-order chi connectivity index (χ1) is 9.67. The molecule has 0 bridgehead atoms. The minimum Gasteiger partial charge on any atom is -0.487 e. The van der Waals surface area contributed by atoms with Gasteiger partial charge in [-0.2, -0.15) is 0 Å². The molecule has 0 spiro atoms. The first-order valence-corrected chi connectivity index (χ1v) is 6.54. The zero-order chi connectivity index (χ0) is 15.0. The van der Waals surface area contributed by atoms with Crippen LogP contribution in [0.15, 0.2) is 17.1 Å². The van der Waals surface area contributed by atoms with Gasteiger partial charge in [-0.25, -0.2) is 0 Å². The SMILES string of the molecule is CCCCOc1c(C=O)n(CC(OC)OC)ccc1=O. The Morgan fingerprint density at radius 3 is 2.60 bits per heavy atom. The maximum atomic E-state index is 11.8. The average molecular weight is 283 g/mol. The summed E-state index contributed by atoms with van der Waals surface area (Å²) in [6.07, 6.45) is 3.42. The van der Waals surface area contributed by atoms with Crippen molar-refractivity contribution >= 4 is 6.29 Å². The highest BCUT2D eigenvalue weighted by Gasteiger charge is 2.15. The molecule has 20 heavy (non-hydrogen) atoms. The lowest BCUT2D eigenvalue weighted by Crippen LogP contribution is -2.25. The number of rotatable bonds is 9. The van der Waals surface area contributed by atoms with Gasteiger partial charge in [-0.05, 0) is 6.42 Å². The van der Waals surface area contributed by atoms with Crippen LogP contribution in [0.4, 0.5) is 0 Å². The molecule has 0 saturated carbocycles. The van der Waals surface area contributed by atoms with Crippen molar-refractivity contribution in [1.82, 2.24) is 4.57 Å². The molecule has 112 valence electrons. The molecule has 0 atom stereocenters. The lowest BCUT2D eigenvalue weighted by molar-refractivity contribution is -0.111. The molecule has 0 saturated heterocycles. The van der Waals surface area contributed by atoms with Crippen LogP contribution in [0.25, 0.3) is 0 Å². The van der Waals surface area contributed by atoms with Gasteiger partial charge in [0, 0.05) is 26.5 Å². The molecule has 0 radical (unpaired) electrons. The number of carbonyl (C=O) groups is 1. The summed E-state index contributed by atoms with van der Waals surface area (Å²) in [5.74, 6) is 0.0851. The zero-order valence-corrected chi connectivity index (χ0v) is 12.1. The molecule has 0 amide bonds. The molecule has 0 aliphatic rings. The lowest BCUT2D eigenvalue weighted by Gasteiger charge is -2.18. The Morgan fingerprint density at radius 2 is 2.05 bits per heavy atom. The number of carbonyl (C=O) groups excluding carboxylic acids is 1. The van der Waals surface area contributed by atoms with Gasteiger partial charge >= 0.3 is 0 Å². The predicted molar refractivity (Wildman–Crippen MR) is 74.3 cm³/mol. The van der Waals surface area contributed by atoms with Gasteiger partial charge in [0.25, 0.3) is 0 Å². The Balaban J connectivity index is 3.04. The van der Waals surface area contributed by atoms with Gasteiger partial charge in [0.1, 0.15) is 5.69 Å². The lowest BCUT2D eigenvalue weighted by atomic mass is 10.3. The molecule has 0 aromatic carbocycles. The van der Waals surface area contributed by atoms with E-state index >= 15 is 0 Å². The predicted octanol–water partition coefficient (Wildman–Crippen LogP) is 1.46. The van der Waals surface area contributed by atoms with E-state index in [-0.39, 0.29) is 16.9 Å². The van der Waals surface area contributed by atoms with Crippen molar-refractivity contribution in [2.24, 2.45) is 0 Å². The smallest absolute Gasteiger partial charge is 0.224 e. The minimum absolute atomic E-state index is 0.0851. The summed E-state index contributed by atoms with van der Waals surface area (Å²) in [4.78, 5) is 23.1. The highest BCUT2D eigenvalue weighted by molar-refractivity contribution is 5.76. The van der Waals surface area contributed by atoms with Crippen molar-refractivity contribution in [1.29, 1.82) is 0 Å². The Bertz CT molecular complexity index is 479. The summed E-state index contributed by atoms with van der Waals surface area (Å²) < 4.78 is 17.2. The molecule has 1 aromatic heterocycles. The van der Waals surface area contributed by atoms with Crippen molar-refractivity contribution in [3.05, 3.63) is 28.2 Å². The summed E-state index contributed by atoms with van der Waals surface area (Å²) in [5, 5.41) is 0. The van der Waals surface area contributed by atoms with E-state index in [0.29, 0.717) is 19.4 Å². The van der Waals surface area contributed by atoms with E-state index in [1.807, 2.05) is 6.92 Å². The van der Waals surface area contributed by atoms with Crippen LogP contribution in [0.1, 0.15) is 30.3 Å². The molecular formula is C14H21NO5. The van der Waals surface area contributed by atoms with Gasteiger partial charge in [-0.1, -0.05) is 13.3 Å². The highest BCUT2D eigenvalue weighted by Crippen LogP contribution is 2.13. The Hall–Kier alpha value is -1.66. The first-order valence-electron chi connectivity index (χ1n) is 6.54. The number of aromatic nitrogens is 1. The van der Waals surface area contributed by atoms with Crippen LogP contribution in [-0.4, -0.2) is 38.0 Å². The number of nitrogens with zero attached hydrogens (tertiary/aromatic N) is 1. The number of methoxy groups -OCH3 is 2. The fourth-order valence-electron chi connectivity index (χ4n) is 1.72. The Morgan fingerprint density at radius 1 is 1.35 bits per heavy atom. The van der Waals surface area contributed by atoms with E-state index in [1.165, 1.54) is 26.5 Å². The number of hydrogen-bond acceptors (Lipinski definition) is 5. The standard InChI is InChI=1S/C14H21NO5/c1-4-5-8-20-14-11(10-16)15(7-6-12(14)17)9-13(18-2)19-3/h6-7,10,13H,4-5,8-9H2,1-3H3. The number of ether oxygens (including phenoxy) is 3. The van der Waals surface area contributed by atoms with E-state index in [2.05, 4.69) is 0 Å². The third-order valence-electron chi connectivity index (χ3n) is 2.90. The van der Waals surface area contributed by atoms with Crippen LogP contribution < -0.4 is 10.2 Å². The van der Waals surface area contributed by atoms with Gasteiger partial charge in [-0.3, -0.25) is 9.59 Å². The minimum atomic E-state index is -0.500. The second-order valence-electron chi connectivity index (χ2n) is 4.27. The molecule has 0 fully saturated rings. The van der Waals surface area contributed by atoms with Gasteiger partial charge in [0.2, 0.25) is 5.43 Å². The third-order valence-corrected chi connectivity index (χ3v) is 2.90. The van der Waals surface area contributed by atoms with E-state index in [9.17, 15) is 9.59 Å². The largest absolute Gasteiger partial charge is 0.487 e. The fraction of sp³-hybridized carbons (Fsp3) is 0.571. The molecule has 0 N–H and O–H groups in total. The first kappa shape index (κ1) is 16.4. The molecule has 1 heterocycles. The quantitative estimate of drug-likeness (QED) is 0.390. The topological polar surface area (TPSA) is 66.8 Å². The molecule has 0 aliphatic carbocycles. The van der Waals surface area contributed by atoms with Crippen molar-refractivity contribution < 1.29 is 19.0 Å². The van der Waals surface area contributed by atoms with Gasteiger partial charge in [-0.15, -0.1) is 0 Å². The maximum absolute atomic E-state index is 11.8. The van der Waals surface area contributed by atoms with E-state index in [1.54, 1.807) is 4.57 Å². The van der Waals surface area contributed by atoms with E-state index < -0.39 is 6.29 Å². The molecule has 0 unspecified atom stereocenters. The normalized spacial score (nSPS) is 10.8. The molecule has 1 rings (SSSR count). The zero-order valence-electron chi connectivity index (χ0n) is 12.1. The second kappa shape index (κ2) is 8.50. The number of aldehydes is 1. The second-order valence-corrected chi connectivity index (χ2v) is 4.27. The van der Waals surface area contributed by atoms with Crippen molar-refractivity contribution in [2.75, 3.05) is 20.8 Å². The third kappa shape index (κ3) is 4.18. The number of hydrogen-bond donors (Lipinski definition) is 0.